The van der Waals surface area contributed by atoms with Gasteiger partial charge < -0.3 is 18.5 Å². The van der Waals surface area contributed by atoms with Gasteiger partial charge in [0.2, 0.25) is 5.89 Å². The molecule has 0 N–H and O–H groups in total. The Hall–Kier alpha value is -2.80. The van der Waals surface area contributed by atoms with Crippen LogP contribution in [0.5, 0.6) is 11.5 Å². The highest BCUT2D eigenvalue weighted by Crippen LogP contribution is 2.31. The summed E-state index contributed by atoms with van der Waals surface area (Å²) in [5.41, 5.74) is 2.07. The summed E-state index contributed by atoms with van der Waals surface area (Å²) in [4.78, 5) is 2.26. The Balaban J connectivity index is 1.44. The lowest BCUT2D eigenvalue weighted by Gasteiger charge is -2.32. The van der Waals surface area contributed by atoms with E-state index in [1.165, 1.54) is 0 Å². The summed E-state index contributed by atoms with van der Waals surface area (Å²) in [6.07, 6.45) is -0.0461. The molecule has 0 aliphatic carbocycles. The number of hydrogen-bond donors (Lipinski definition) is 0. The smallest absolute Gasteiger partial charge is 0.264 e. The zero-order valence-electron chi connectivity index (χ0n) is 16.8. The van der Waals surface area contributed by atoms with Crippen LogP contribution in [-0.2, 0) is 13.6 Å². The van der Waals surface area contributed by atoms with Crippen molar-refractivity contribution in [2.45, 2.75) is 39.5 Å². The van der Waals surface area contributed by atoms with Gasteiger partial charge in [0.15, 0.2) is 11.5 Å². The first-order chi connectivity index (χ1) is 13.5. The van der Waals surface area contributed by atoms with Crippen LogP contribution in [0, 0.1) is 6.92 Å². The van der Waals surface area contributed by atoms with Crippen molar-refractivity contribution in [3.63, 3.8) is 0 Å². The van der Waals surface area contributed by atoms with Gasteiger partial charge in [-0.1, -0.05) is 12.1 Å². The lowest BCUT2D eigenvalue weighted by Crippen LogP contribution is -2.43. The van der Waals surface area contributed by atoms with Crippen LogP contribution >= 0.6 is 0 Å². The molecule has 1 atom stereocenters. The molecule has 0 saturated heterocycles. The van der Waals surface area contributed by atoms with Crippen molar-refractivity contribution in [2.24, 2.45) is 7.05 Å². The molecule has 3 aromatic rings. The van der Waals surface area contributed by atoms with E-state index in [-0.39, 0.29) is 6.10 Å². The maximum atomic E-state index is 6.11. The van der Waals surface area contributed by atoms with Crippen LogP contribution in [0.25, 0.3) is 11.6 Å². The van der Waals surface area contributed by atoms with Gasteiger partial charge in [0, 0.05) is 25.3 Å². The summed E-state index contributed by atoms with van der Waals surface area (Å²) < 4.78 is 19.9. The van der Waals surface area contributed by atoms with Gasteiger partial charge in [-0.2, -0.15) is 0 Å². The third-order valence-corrected chi connectivity index (χ3v) is 5.13. The maximum absolute atomic E-state index is 6.11. The first kappa shape index (κ1) is 18.6. The Morgan fingerprint density at radius 2 is 1.93 bits per heavy atom. The molecule has 0 amide bonds. The number of para-hydroxylation sites is 2. The average Bonchev–Trinajstić information content (AvgIpc) is 3.28. The monoisotopic (exact) mass is 382 g/mol. The van der Waals surface area contributed by atoms with Gasteiger partial charge in [0.25, 0.3) is 5.89 Å². The molecule has 2 aromatic heterocycles. The number of aryl methyl sites for hydroxylation is 1. The van der Waals surface area contributed by atoms with Gasteiger partial charge in [0.1, 0.15) is 18.4 Å². The van der Waals surface area contributed by atoms with Crippen molar-refractivity contribution in [2.75, 3.05) is 13.2 Å². The molecule has 1 aliphatic rings. The Bertz CT molecular complexity index is 947. The SMILES string of the molecule is Cc1ccc(-c2nnc(CN(C[C@H]3COc4ccccc4O3)C(C)C)o2)n1C. The van der Waals surface area contributed by atoms with E-state index in [0.29, 0.717) is 37.5 Å². The van der Waals surface area contributed by atoms with Gasteiger partial charge in [0.05, 0.1) is 6.54 Å². The Morgan fingerprint density at radius 1 is 1.14 bits per heavy atom. The quantitative estimate of drug-likeness (QED) is 0.651. The lowest BCUT2D eigenvalue weighted by atomic mass is 10.2. The summed E-state index contributed by atoms with van der Waals surface area (Å²) in [7, 11) is 1.99. The first-order valence-corrected chi connectivity index (χ1v) is 9.59. The minimum Gasteiger partial charge on any atom is -0.486 e. The molecule has 4 rings (SSSR count). The summed E-state index contributed by atoms with van der Waals surface area (Å²) in [6.45, 7) is 8.15. The Labute approximate surface area is 164 Å². The van der Waals surface area contributed by atoms with E-state index in [1.54, 1.807) is 0 Å². The number of nitrogens with zero attached hydrogens (tertiary/aromatic N) is 4. The fourth-order valence-electron chi connectivity index (χ4n) is 3.30. The van der Waals surface area contributed by atoms with Crippen LogP contribution < -0.4 is 9.47 Å². The van der Waals surface area contributed by atoms with Crippen LogP contribution in [0.3, 0.4) is 0 Å². The Morgan fingerprint density at radius 3 is 2.64 bits per heavy atom. The summed E-state index contributed by atoms with van der Waals surface area (Å²) in [5.74, 6) is 2.73. The number of ether oxygens (including phenoxy) is 2. The van der Waals surface area contributed by atoms with Crippen molar-refractivity contribution in [1.82, 2.24) is 19.7 Å². The predicted octanol–water partition coefficient (Wildman–Crippen LogP) is 3.43. The third kappa shape index (κ3) is 3.75. The summed E-state index contributed by atoms with van der Waals surface area (Å²) in [5, 5.41) is 8.48. The van der Waals surface area contributed by atoms with Crippen LogP contribution in [0.4, 0.5) is 0 Å². The van der Waals surface area contributed by atoms with Crippen molar-refractivity contribution in [1.29, 1.82) is 0 Å². The lowest BCUT2D eigenvalue weighted by molar-refractivity contribution is 0.0440. The molecular weight excluding hydrogens is 356 g/mol. The van der Waals surface area contributed by atoms with E-state index in [4.69, 9.17) is 13.9 Å². The van der Waals surface area contributed by atoms with E-state index < -0.39 is 0 Å². The van der Waals surface area contributed by atoms with Crippen molar-refractivity contribution in [3.05, 3.63) is 48.0 Å². The highest BCUT2D eigenvalue weighted by Gasteiger charge is 2.25. The van der Waals surface area contributed by atoms with Gasteiger partial charge in [-0.15, -0.1) is 10.2 Å². The minimum absolute atomic E-state index is 0.0461. The molecule has 7 nitrogen and oxygen atoms in total. The zero-order chi connectivity index (χ0) is 19.7. The van der Waals surface area contributed by atoms with Gasteiger partial charge >= 0.3 is 0 Å². The predicted molar refractivity (Wildman–Crippen MR) is 105 cm³/mol. The van der Waals surface area contributed by atoms with Gasteiger partial charge in [-0.05, 0) is 45.0 Å². The fourth-order valence-corrected chi connectivity index (χ4v) is 3.30. The molecule has 28 heavy (non-hydrogen) atoms. The Kier molecular flexibility index (Phi) is 5.09. The maximum Gasteiger partial charge on any atom is 0.264 e. The standard InChI is InChI=1S/C21H26N4O3/c1-14(2)25(11-16-13-26-18-7-5-6-8-19(18)27-16)12-20-22-23-21(28-20)17-10-9-15(3)24(17)4/h5-10,14,16H,11-13H2,1-4H3/t16-/m0/s1. The number of rotatable bonds is 6. The molecule has 0 bridgehead atoms. The molecule has 0 fully saturated rings. The van der Waals surface area contributed by atoms with Gasteiger partial charge in [-0.3, -0.25) is 4.90 Å². The topological polar surface area (TPSA) is 65.6 Å². The van der Waals surface area contributed by atoms with E-state index in [2.05, 4.69) is 28.9 Å². The van der Waals surface area contributed by atoms with Crippen molar-refractivity contribution in [3.8, 4) is 23.1 Å². The second-order valence-electron chi connectivity index (χ2n) is 7.44. The molecule has 0 radical (unpaired) electrons. The molecule has 7 heteroatoms. The number of hydrogen-bond acceptors (Lipinski definition) is 6. The van der Waals surface area contributed by atoms with Crippen molar-refractivity contribution < 1.29 is 13.9 Å². The average molecular weight is 382 g/mol. The zero-order valence-corrected chi connectivity index (χ0v) is 16.8. The van der Waals surface area contributed by atoms with Crippen molar-refractivity contribution >= 4 is 0 Å². The fraction of sp³-hybridized carbons (Fsp3) is 0.429. The number of benzene rings is 1. The van der Waals surface area contributed by atoms with E-state index in [1.807, 2.05) is 54.9 Å². The van der Waals surface area contributed by atoms with Crippen LogP contribution in [-0.4, -0.2) is 45.0 Å². The highest BCUT2D eigenvalue weighted by molar-refractivity contribution is 5.48. The second kappa shape index (κ2) is 7.67. The number of fused-ring (bicyclic) bond motifs is 1. The molecular formula is C21H26N4O3. The molecule has 1 aliphatic heterocycles. The minimum atomic E-state index is -0.0461. The van der Waals surface area contributed by atoms with E-state index >= 15 is 0 Å². The van der Waals surface area contributed by atoms with E-state index in [9.17, 15) is 0 Å². The number of aromatic nitrogens is 3. The van der Waals surface area contributed by atoms with Gasteiger partial charge in [-0.25, -0.2) is 0 Å². The second-order valence-corrected chi connectivity index (χ2v) is 7.44. The first-order valence-electron chi connectivity index (χ1n) is 9.59. The van der Waals surface area contributed by atoms with Crippen LogP contribution in [0.1, 0.15) is 25.4 Å². The molecule has 0 unspecified atom stereocenters. The molecule has 3 heterocycles. The third-order valence-electron chi connectivity index (χ3n) is 5.13. The molecule has 0 saturated carbocycles. The summed E-state index contributed by atoms with van der Waals surface area (Å²) >= 11 is 0. The normalized spacial score (nSPS) is 16.1. The van der Waals surface area contributed by atoms with Crippen LogP contribution in [0.15, 0.2) is 40.8 Å². The summed E-state index contributed by atoms with van der Waals surface area (Å²) in [6, 6.07) is 12.1. The molecule has 0 spiro atoms. The van der Waals surface area contributed by atoms with E-state index in [0.717, 1.165) is 22.9 Å². The largest absolute Gasteiger partial charge is 0.486 e. The molecule has 1 aromatic carbocycles. The molecule has 148 valence electrons. The van der Waals surface area contributed by atoms with Crippen LogP contribution in [0.2, 0.25) is 0 Å². The highest BCUT2D eigenvalue weighted by atomic mass is 16.6.